The van der Waals surface area contributed by atoms with Gasteiger partial charge in [-0.3, -0.25) is 4.79 Å². The summed E-state index contributed by atoms with van der Waals surface area (Å²) < 4.78 is 142. The average molecular weight is 448 g/mol. The summed E-state index contributed by atoms with van der Waals surface area (Å²) in [6.45, 7) is -2.73. The number of hydrogen-bond donors (Lipinski definition) is 1. The Hall–Kier alpha value is -1.31. The molecule has 0 spiro atoms. The van der Waals surface area contributed by atoms with Crippen molar-refractivity contribution < 1.29 is 63.3 Å². The Morgan fingerprint density at radius 3 is 1.97 bits per heavy atom. The van der Waals surface area contributed by atoms with E-state index in [9.17, 15) is 53.8 Å². The van der Waals surface area contributed by atoms with Gasteiger partial charge in [0.2, 0.25) is 0 Å². The Morgan fingerprint density at radius 1 is 1.00 bits per heavy atom. The Balaban J connectivity index is 2.06. The molecule has 3 rings (SSSR count). The van der Waals surface area contributed by atoms with E-state index in [1.807, 2.05) is 0 Å². The Bertz CT molecular complexity index is 690. The topological polar surface area (TPSA) is 55.8 Å². The van der Waals surface area contributed by atoms with Crippen molar-refractivity contribution in [1.29, 1.82) is 0 Å². The van der Waals surface area contributed by atoms with E-state index in [0.717, 1.165) is 0 Å². The molecule has 1 saturated heterocycles. The third kappa shape index (κ3) is 2.77. The molecule has 1 aliphatic heterocycles. The smallest absolute Gasteiger partial charge is 0.443 e. The van der Waals surface area contributed by atoms with Gasteiger partial charge in [-0.25, -0.2) is 0 Å². The van der Waals surface area contributed by atoms with E-state index in [1.165, 1.54) is 0 Å². The van der Waals surface area contributed by atoms with E-state index in [4.69, 9.17) is 0 Å². The van der Waals surface area contributed by atoms with Crippen LogP contribution in [0.2, 0.25) is 0 Å². The van der Waals surface area contributed by atoms with E-state index < -0.39 is 60.0 Å². The van der Waals surface area contributed by atoms with Crippen LogP contribution in [0.4, 0.5) is 43.9 Å². The van der Waals surface area contributed by atoms with Crippen LogP contribution in [0.25, 0.3) is 0 Å². The van der Waals surface area contributed by atoms with Gasteiger partial charge in [0.1, 0.15) is 6.61 Å². The van der Waals surface area contributed by atoms with Crippen molar-refractivity contribution in [1.82, 2.24) is 0 Å². The van der Waals surface area contributed by atoms with Gasteiger partial charge in [0, 0.05) is 0 Å². The molecule has 29 heavy (non-hydrogen) atoms. The van der Waals surface area contributed by atoms with Crippen LogP contribution in [0.1, 0.15) is 25.7 Å². The highest BCUT2D eigenvalue weighted by Gasteiger charge is 2.93. The minimum Gasteiger partial charge on any atom is -0.443 e. The van der Waals surface area contributed by atoms with Crippen molar-refractivity contribution in [3.05, 3.63) is 0 Å². The minimum absolute atomic E-state index is 0.0346. The third-order valence-corrected chi connectivity index (χ3v) is 5.98. The van der Waals surface area contributed by atoms with Crippen molar-refractivity contribution in [2.75, 3.05) is 6.61 Å². The van der Waals surface area contributed by atoms with Crippen LogP contribution in [0.5, 0.6) is 0 Å². The Kier molecular flexibility index (Phi) is 4.72. The van der Waals surface area contributed by atoms with Crippen molar-refractivity contribution in [2.45, 2.75) is 61.3 Å². The van der Waals surface area contributed by atoms with Crippen LogP contribution in [0.15, 0.2) is 0 Å². The fraction of sp³-hybridized carbons (Fsp3) is 0.933. The fourth-order valence-corrected chi connectivity index (χ4v) is 4.38. The van der Waals surface area contributed by atoms with Gasteiger partial charge >= 0.3 is 36.0 Å². The first kappa shape index (κ1) is 22.4. The summed E-state index contributed by atoms with van der Waals surface area (Å²) in [6, 6.07) is 0. The summed E-state index contributed by atoms with van der Waals surface area (Å²) in [6.07, 6.45) is -12.0. The average Bonchev–Trinajstić information content (AvgIpc) is 3.22. The number of alkyl halides is 10. The second-order valence-corrected chi connectivity index (χ2v) is 7.61. The molecule has 1 N–H and O–H groups in total. The molecule has 1 heterocycles. The third-order valence-electron chi connectivity index (χ3n) is 5.98. The number of carbonyl (C=O) groups excluding carboxylic acids is 1. The minimum atomic E-state index is -6.84. The maximum absolute atomic E-state index is 14.5. The molecule has 2 bridgehead atoms. The zero-order valence-electron chi connectivity index (χ0n) is 14.2. The molecule has 2 saturated carbocycles. The second-order valence-electron chi connectivity index (χ2n) is 7.61. The SMILES string of the molecule is O=C(OC1(C(F)(F)C(F)(F)F)COC(O)(C(F)(F)F)C1(F)F)C1CC2CCC1C2. The molecular formula is C15H14F10O4. The molecule has 5 unspecified atom stereocenters. The summed E-state index contributed by atoms with van der Waals surface area (Å²) in [5, 5.41) is 9.21. The van der Waals surface area contributed by atoms with Gasteiger partial charge in [0.05, 0.1) is 5.92 Å². The highest BCUT2D eigenvalue weighted by atomic mass is 19.4. The van der Waals surface area contributed by atoms with Crippen LogP contribution < -0.4 is 0 Å². The van der Waals surface area contributed by atoms with Gasteiger partial charge in [-0.15, -0.1) is 0 Å². The maximum Gasteiger partial charge on any atom is 0.458 e. The zero-order valence-corrected chi connectivity index (χ0v) is 14.2. The zero-order chi connectivity index (χ0) is 22.3. The van der Waals surface area contributed by atoms with Gasteiger partial charge in [0.15, 0.2) is 0 Å². The van der Waals surface area contributed by atoms with Crippen molar-refractivity contribution >= 4 is 5.97 Å². The summed E-state index contributed by atoms with van der Waals surface area (Å²) in [7, 11) is 0. The number of aliphatic hydroxyl groups is 1. The van der Waals surface area contributed by atoms with Crippen molar-refractivity contribution in [3.8, 4) is 0 Å². The Labute approximate surface area is 156 Å². The molecule has 0 radical (unpaired) electrons. The highest BCUT2D eigenvalue weighted by Crippen LogP contribution is 2.62. The quantitative estimate of drug-likeness (QED) is 0.527. The number of hydrogen-bond acceptors (Lipinski definition) is 4. The maximum atomic E-state index is 14.5. The molecule has 2 aliphatic carbocycles. The summed E-state index contributed by atoms with van der Waals surface area (Å²) in [5.74, 6) is -22.6. The summed E-state index contributed by atoms with van der Waals surface area (Å²) in [5.41, 5.74) is -5.44. The largest absolute Gasteiger partial charge is 0.458 e. The first-order valence-electron chi connectivity index (χ1n) is 8.39. The van der Waals surface area contributed by atoms with Crippen molar-refractivity contribution in [2.24, 2.45) is 17.8 Å². The van der Waals surface area contributed by atoms with Gasteiger partial charge in [-0.2, -0.15) is 43.9 Å². The second kappa shape index (κ2) is 6.11. The molecule has 4 nitrogen and oxygen atoms in total. The van der Waals surface area contributed by atoms with E-state index in [1.54, 1.807) is 0 Å². The van der Waals surface area contributed by atoms with Gasteiger partial charge in [-0.1, -0.05) is 6.42 Å². The molecule has 0 aromatic carbocycles. The Morgan fingerprint density at radius 2 is 1.59 bits per heavy atom. The van der Waals surface area contributed by atoms with Crippen molar-refractivity contribution in [3.63, 3.8) is 0 Å². The standard InChI is InChI=1S/C15H14F10O4/c16-11(17)10(12(18,19)14(20,21)22,5-28-13(11,27)15(23,24)25)29-9(26)8-4-6-1-2-7(8)3-6/h6-8,27H,1-5H2. The van der Waals surface area contributed by atoms with Gasteiger partial charge < -0.3 is 14.6 Å². The van der Waals surface area contributed by atoms with E-state index in [0.29, 0.717) is 19.3 Å². The monoisotopic (exact) mass is 448 g/mol. The lowest BCUT2D eigenvalue weighted by Crippen LogP contribution is -2.73. The van der Waals surface area contributed by atoms with Crippen LogP contribution in [0.3, 0.4) is 0 Å². The normalized spacial score (nSPS) is 39.8. The lowest BCUT2D eigenvalue weighted by atomic mass is 9.84. The molecule has 14 heteroatoms. The highest BCUT2D eigenvalue weighted by molar-refractivity contribution is 5.74. The molecule has 5 atom stereocenters. The van der Waals surface area contributed by atoms with Crippen LogP contribution >= 0.6 is 0 Å². The molecule has 168 valence electrons. The first-order valence-corrected chi connectivity index (χ1v) is 8.39. The van der Waals surface area contributed by atoms with Gasteiger partial charge in [0.25, 0.3) is 5.60 Å². The molecule has 0 amide bonds. The number of ether oxygens (including phenoxy) is 2. The predicted octanol–water partition coefficient (Wildman–Crippen LogP) is 3.82. The first-order chi connectivity index (χ1) is 12.9. The molecule has 3 aliphatic rings. The molecule has 0 aromatic heterocycles. The fourth-order valence-electron chi connectivity index (χ4n) is 4.38. The number of halogens is 10. The molecule has 0 aromatic rings. The van der Waals surface area contributed by atoms with E-state index >= 15 is 0 Å². The number of carbonyl (C=O) groups is 1. The lowest BCUT2D eigenvalue weighted by Gasteiger charge is -2.42. The number of rotatable bonds is 3. The van der Waals surface area contributed by atoms with Gasteiger partial charge in [-0.05, 0) is 31.1 Å². The number of fused-ring (bicyclic) bond motifs is 2. The van der Waals surface area contributed by atoms with Crippen LogP contribution in [0, 0.1) is 17.8 Å². The predicted molar refractivity (Wildman–Crippen MR) is 70.7 cm³/mol. The number of esters is 1. The summed E-state index contributed by atoms with van der Waals surface area (Å²) in [4.78, 5) is 12.2. The summed E-state index contributed by atoms with van der Waals surface area (Å²) >= 11 is 0. The van der Waals surface area contributed by atoms with E-state index in [2.05, 4.69) is 9.47 Å². The lowest BCUT2D eigenvalue weighted by molar-refractivity contribution is -0.428. The van der Waals surface area contributed by atoms with Crippen LogP contribution in [-0.4, -0.2) is 53.3 Å². The molecular weight excluding hydrogens is 434 g/mol. The van der Waals surface area contributed by atoms with Crippen LogP contribution in [-0.2, 0) is 14.3 Å². The molecule has 3 fully saturated rings. The van der Waals surface area contributed by atoms with E-state index in [-0.39, 0.29) is 12.3 Å².